The van der Waals surface area contributed by atoms with Gasteiger partial charge in [0.15, 0.2) is 11.2 Å². The molecule has 120 valence electrons. The number of rotatable bonds is 6. The Morgan fingerprint density at radius 2 is 1.95 bits per heavy atom. The Hall–Kier alpha value is -2.38. The summed E-state index contributed by atoms with van der Waals surface area (Å²) < 4.78 is 9.01. The molecule has 0 saturated carbocycles. The van der Waals surface area contributed by atoms with E-state index in [4.69, 9.17) is 4.74 Å². The van der Waals surface area contributed by atoms with Crippen molar-refractivity contribution in [3.63, 3.8) is 0 Å². The molecule has 0 bridgehead atoms. The average Bonchev–Trinajstić information content (AvgIpc) is 2.91. The zero-order valence-electron chi connectivity index (χ0n) is 13.0. The second kappa shape index (κ2) is 6.59. The molecule has 8 nitrogen and oxygen atoms in total. The molecule has 0 fully saturated rings. The number of carbonyl (C=O) groups is 1. The minimum Gasteiger partial charge on any atom is -0.466 e. The average molecular weight is 308 g/mol. The molecule has 8 heteroatoms. The van der Waals surface area contributed by atoms with E-state index < -0.39 is 5.69 Å². The zero-order chi connectivity index (χ0) is 16.3. The summed E-state index contributed by atoms with van der Waals surface area (Å²) in [4.78, 5) is 39.5. The Morgan fingerprint density at radius 1 is 1.23 bits per heavy atom. The lowest BCUT2D eigenvalue weighted by Gasteiger charge is -2.06. The van der Waals surface area contributed by atoms with Crippen molar-refractivity contribution in [3.05, 3.63) is 27.2 Å². The zero-order valence-corrected chi connectivity index (χ0v) is 13.0. The fourth-order valence-electron chi connectivity index (χ4n) is 2.35. The van der Waals surface area contributed by atoms with Crippen LogP contribution in [0.25, 0.3) is 11.2 Å². The largest absolute Gasteiger partial charge is 0.466 e. The van der Waals surface area contributed by atoms with Gasteiger partial charge in [0.25, 0.3) is 5.56 Å². The van der Waals surface area contributed by atoms with Crippen LogP contribution in [0.5, 0.6) is 0 Å². The van der Waals surface area contributed by atoms with E-state index in [2.05, 4.69) is 4.98 Å². The van der Waals surface area contributed by atoms with Crippen LogP contribution in [0.1, 0.15) is 26.2 Å². The molecule has 0 amide bonds. The number of unbranched alkanes of at least 4 members (excludes halogenated alkanes) is 1. The summed E-state index contributed by atoms with van der Waals surface area (Å²) in [5.74, 6) is -0.212. The highest BCUT2D eigenvalue weighted by atomic mass is 16.5. The molecule has 0 aliphatic carbocycles. The van der Waals surface area contributed by atoms with Gasteiger partial charge in [0.2, 0.25) is 0 Å². The number of ether oxygens (including phenoxy) is 1. The molecular weight excluding hydrogens is 288 g/mol. The van der Waals surface area contributed by atoms with Crippen molar-refractivity contribution in [2.75, 3.05) is 6.61 Å². The quantitative estimate of drug-likeness (QED) is 0.560. The van der Waals surface area contributed by atoms with E-state index in [0.717, 1.165) is 11.0 Å². The lowest BCUT2D eigenvalue weighted by molar-refractivity contribution is -0.143. The molecule has 0 aliphatic rings. The van der Waals surface area contributed by atoms with Crippen molar-refractivity contribution in [1.29, 1.82) is 0 Å². The number of hydrogen-bond donors (Lipinski definition) is 0. The number of aryl methyl sites for hydroxylation is 2. The third kappa shape index (κ3) is 2.95. The summed E-state index contributed by atoms with van der Waals surface area (Å²) in [7, 11) is 3.03. The Balaban J connectivity index is 2.15. The van der Waals surface area contributed by atoms with Crippen LogP contribution in [0.15, 0.2) is 15.9 Å². The molecule has 0 spiro atoms. The van der Waals surface area contributed by atoms with Gasteiger partial charge in [-0.15, -0.1) is 0 Å². The third-order valence-electron chi connectivity index (χ3n) is 3.55. The second-order valence-corrected chi connectivity index (χ2v) is 5.08. The van der Waals surface area contributed by atoms with E-state index in [1.54, 1.807) is 24.9 Å². The van der Waals surface area contributed by atoms with Gasteiger partial charge in [-0.1, -0.05) is 0 Å². The minimum absolute atomic E-state index is 0.212. The van der Waals surface area contributed by atoms with E-state index in [1.807, 2.05) is 0 Å². The maximum absolute atomic E-state index is 12.2. The Morgan fingerprint density at radius 3 is 2.64 bits per heavy atom. The van der Waals surface area contributed by atoms with Gasteiger partial charge >= 0.3 is 11.7 Å². The van der Waals surface area contributed by atoms with Crippen LogP contribution in [0.2, 0.25) is 0 Å². The molecule has 22 heavy (non-hydrogen) atoms. The van der Waals surface area contributed by atoms with Crippen LogP contribution in [-0.4, -0.2) is 31.3 Å². The summed E-state index contributed by atoms with van der Waals surface area (Å²) in [6.45, 7) is 2.72. The van der Waals surface area contributed by atoms with Crippen LogP contribution in [0.4, 0.5) is 0 Å². The van der Waals surface area contributed by atoms with E-state index >= 15 is 0 Å². The van der Waals surface area contributed by atoms with Crippen LogP contribution in [-0.2, 0) is 30.2 Å². The topological polar surface area (TPSA) is 88.1 Å². The van der Waals surface area contributed by atoms with Gasteiger partial charge in [-0.2, -0.15) is 0 Å². The lowest BCUT2D eigenvalue weighted by atomic mass is 10.2. The van der Waals surface area contributed by atoms with Crippen molar-refractivity contribution in [2.45, 2.75) is 32.7 Å². The maximum atomic E-state index is 12.2. The first-order valence-electron chi connectivity index (χ1n) is 7.23. The van der Waals surface area contributed by atoms with Crippen LogP contribution < -0.4 is 11.2 Å². The molecule has 0 radical (unpaired) electrons. The predicted molar refractivity (Wildman–Crippen MR) is 80.7 cm³/mol. The number of nitrogens with zero attached hydrogens (tertiary/aromatic N) is 4. The fourth-order valence-corrected chi connectivity index (χ4v) is 2.35. The van der Waals surface area contributed by atoms with Crippen molar-refractivity contribution in [1.82, 2.24) is 18.7 Å². The fraction of sp³-hybridized carbons (Fsp3) is 0.571. The van der Waals surface area contributed by atoms with Crippen LogP contribution in [0, 0.1) is 0 Å². The van der Waals surface area contributed by atoms with Gasteiger partial charge in [-0.3, -0.25) is 18.7 Å². The second-order valence-electron chi connectivity index (χ2n) is 5.08. The number of fused-ring (bicyclic) bond motifs is 1. The standard InChI is InChI=1S/C14H20N4O4/c1-4-22-10(19)7-5-6-8-18-9-15-12-11(18)13(20)17(3)14(21)16(12)2/h9H,4-8H2,1-3H3. The molecule has 2 aromatic heterocycles. The summed E-state index contributed by atoms with van der Waals surface area (Å²) in [6, 6.07) is 0. The monoisotopic (exact) mass is 308 g/mol. The molecule has 0 N–H and O–H groups in total. The van der Waals surface area contributed by atoms with E-state index in [-0.39, 0.29) is 11.5 Å². The molecular formula is C14H20N4O4. The number of esters is 1. The highest BCUT2D eigenvalue weighted by Gasteiger charge is 2.13. The first kappa shape index (κ1) is 16.0. The highest BCUT2D eigenvalue weighted by Crippen LogP contribution is 2.08. The minimum atomic E-state index is -0.398. The molecule has 0 atom stereocenters. The maximum Gasteiger partial charge on any atom is 0.332 e. The van der Waals surface area contributed by atoms with Gasteiger partial charge in [-0.05, 0) is 19.8 Å². The first-order chi connectivity index (χ1) is 10.5. The molecule has 2 heterocycles. The molecule has 2 aromatic rings. The van der Waals surface area contributed by atoms with Crippen molar-refractivity contribution < 1.29 is 9.53 Å². The van der Waals surface area contributed by atoms with Crippen molar-refractivity contribution >= 4 is 17.1 Å². The van der Waals surface area contributed by atoms with E-state index in [9.17, 15) is 14.4 Å². The van der Waals surface area contributed by atoms with E-state index in [0.29, 0.717) is 37.2 Å². The number of imidazole rings is 1. The summed E-state index contributed by atoms with van der Waals surface area (Å²) >= 11 is 0. The molecule has 0 saturated heterocycles. The first-order valence-corrected chi connectivity index (χ1v) is 7.23. The smallest absolute Gasteiger partial charge is 0.332 e. The van der Waals surface area contributed by atoms with Gasteiger partial charge in [0.05, 0.1) is 12.9 Å². The van der Waals surface area contributed by atoms with Crippen LogP contribution in [0.3, 0.4) is 0 Å². The molecule has 0 aliphatic heterocycles. The van der Waals surface area contributed by atoms with Gasteiger partial charge in [-0.25, -0.2) is 9.78 Å². The Bertz CT molecular complexity index is 800. The van der Waals surface area contributed by atoms with Gasteiger partial charge < -0.3 is 9.30 Å². The summed E-state index contributed by atoms with van der Waals surface area (Å²) in [5.41, 5.74) is 0.0188. The molecule has 0 unspecified atom stereocenters. The lowest BCUT2D eigenvalue weighted by Crippen LogP contribution is -2.37. The van der Waals surface area contributed by atoms with Crippen molar-refractivity contribution in [3.8, 4) is 0 Å². The SMILES string of the molecule is CCOC(=O)CCCCn1cnc2c1c(=O)n(C)c(=O)n2C. The Kier molecular flexibility index (Phi) is 4.79. The normalized spacial score (nSPS) is 11.0. The third-order valence-corrected chi connectivity index (χ3v) is 3.55. The van der Waals surface area contributed by atoms with Gasteiger partial charge in [0.1, 0.15) is 0 Å². The van der Waals surface area contributed by atoms with Crippen LogP contribution >= 0.6 is 0 Å². The molecule has 2 rings (SSSR count). The Labute approximate surface area is 126 Å². The summed E-state index contributed by atoms with van der Waals surface area (Å²) in [6.07, 6.45) is 3.30. The number of aromatic nitrogens is 4. The van der Waals surface area contributed by atoms with E-state index in [1.165, 1.54) is 11.6 Å². The van der Waals surface area contributed by atoms with Gasteiger partial charge in [0, 0.05) is 27.1 Å². The van der Waals surface area contributed by atoms with Crippen molar-refractivity contribution in [2.24, 2.45) is 14.1 Å². The highest BCUT2D eigenvalue weighted by molar-refractivity contribution is 5.70. The number of carbonyl (C=O) groups excluding carboxylic acids is 1. The predicted octanol–water partition coefficient (Wildman–Crippen LogP) is 0.167. The summed E-state index contributed by atoms with van der Waals surface area (Å²) in [5, 5.41) is 0. The molecule has 0 aromatic carbocycles. The number of hydrogen-bond acceptors (Lipinski definition) is 5.